The molecule has 1 heterocycles. The molecule has 1 aromatic heterocycles. The predicted octanol–water partition coefficient (Wildman–Crippen LogP) is 3.08. The molecular formula is C18H22N4O. The van der Waals surface area contributed by atoms with Gasteiger partial charge in [0.05, 0.1) is 17.5 Å². The maximum absolute atomic E-state index is 9.37. The lowest BCUT2D eigenvalue weighted by Gasteiger charge is -2.16. The van der Waals surface area contributed by atoms with Crippen LogP contribution in [-0.2, 0) is 0 Å². The fraction of sp³-hybridized carbons (Fsp3) is 0.389. The minimum absolute atomic E-state index is 0.0340. The minimum atomic E-state index is -0.0340. The van der Waals surface area contributed by atoms with Gasteiger partial charge in [-0.05, 0) is 43.0 Å². The van der Waals surface area contributed by atoms with Gasteiger partial charge in [-0.15, -0.1) is 0 Å². The molecule has 5 heteroatoms. The molecule has 0 aliphatic carbocycles. The molecule has 2 N–H and O–H groups in total. The highest BCUT2D eigenvalue weighted by molar-refractivity contribution is 5.66. The molecule has 1 atom stereocenters. The molecule has 0 radical (unpaired) electrons. The van der Waals surface area contributed by atoms with Crippen LogP contribution in [-0.4, -0.2) is 22.8 Å². The van der Waals surface area contributed by atoms with E-state index in [4.69, 9.17) is 10.5 Å². The van der Waals surface area contributed by atoms with Crippen LogP contribution in [0.1, 0.15) is 31.5 Å². The highest BCUT2D eigenvalue weighted by Gasteiger charge is 2.10. The van der Waals surface area contributed by atoms with Gasteiger partial charge >= 0.3 is 0 Å². The molecule has 0 aliphatic rings. The number of benzene rings is 1. The second-order valence-electron chi connectivity index (χ2n) is 6.11. The van der Waals surface area contributed by atoms with Crippen LogP contribution in [0.15, 0.2) is 30.5 Å². The van der Waals surface area contributed by atoms with Gasteiger partial charge in [0.15, 0.2) is 0 Å². The molecule has 120 valence electrons. The maximum Gasteiger partial charge on any atom is 0.137 e. The molecule has 0 amide bonds. The monoisotopic (exact) mass is 310 g/mol. The van der Waals surface area contributed by atoms with Gasteiger partial charge in [0.2, 0.25) is 0 Å². The molecule has 23 heavy (non-hydrogen) atoms. The zero-order valence-corrected chi connectivity index (χ0v) is 13.8. The second-order valence-corrected chi connectivity index (χ2v) is 6.11. The van der Waals surface area contributed by atoms with E-state index in [1.165, 1.54) is 0 Å². The summed E-state index contributed by atoms with van der Waals surface area (Å²) in [7, 11) is 0. The summed E-state index contributed by atoms with van der Waals surface area (Å²) in [6.45, 7) is 6.54. The van der Waals surface area contributed by atoms with Gasteiger partial charge in [0.1, 0.15) is 18.4 Å². The first kappa shape index (κ1) is 16.9. The van der Waals surface area contributed by atoms with Crippen molar-refractivity contribution in [1.29, 1.82) is 5.26 Å². The maximum atomic E-state index is 9.37. The summed E-state index contributed by atoms with van der Waals surface area (Å²) in [6.07, 6.45) is 2.57. The van der Waals surface area contributed by atoms with E-state index in [1.54, 1.807) is 12.3 Å². The lowest BCUT2D eigenvalue weighted by molar-refractivity contribution is 0.270. The summed E-state index contributed by atoms with van der Waals surface area (Å²) in [4.78, 5) is 0. The Balaban J connectivity index is 2.16. The molecular weight excluding hydrogens is 288 g/mol. The van der Waals surface area contributed by atoms with Crippen molar-refractivity contribution in [3.8, 4) is 22.9 Å². The van der Waals surface area contributed by atoms with E-state index in [2.05, 4.69) is 30.1 Å². The van der Waals surface area contributed by atoms with Crippen molar-refractivity contribution in [2.45, 2.75) is 33.2 Å². The Kier molecular flexibility index (Phi) is 5.67. The number of nitrogens with zero attached hydrogens (tertiary/aromatic N) is 3. The van der Waals surface area contributed by atoms with Crippen LogP contribution in [0.5, 0.6) is 5.75 Å². The number of aromatic nitrogens is 2. The number of nitriles is 1. The van der Waals surface area contributed by atoms with Crippen LogP contribution in [0, 0.1) is 24.2 Å². The van der Waals surface area contributed by atoms with Crippen molar-refractivity contribution in [1.82, 2.24) is 10.2 Å². The zero-order valence-electron chi connectivity index (χ0n) is 13.8. The lowest BCUT2D eigenvalue weighted by Crippen LogP contribution is -2.29. The molecule has 0 saturated heterocycles. The van der Waals surface area contributed by atoms with E-state index in [0.29, 0.717) is 23.8 Å². The predicted molar refractivity (Wildman–Crippen MR) is 89.8 cm³/mol. The van der Waals surface area contributed by atoms with E-state index in [9.17, 15) is 5.26 Å². The molecule has 2 aromatic rings. The summed E-state index contributed by atoms with van der Waals surface area (Å²) in [5, 5.41) is 17.3. The third kappa shape index (κ3) is 4.76. The summed E-state index contributed by atoms with van der Waals surface area (Å²) in [6, 6.07) is 9.62. The Morgan fingerprint density at radius 1 is 1.26 bits per heavy atom. The van der Waals surface area contributed by atoms with Gasteiger partial charge in [-0.25, -0.2) is 0 Å². The average molecular weight is 310 g/mol. The Hall–Kier alpha value is -2.45. The quantitative estimate of drug-likeness (QED) is 0.886. The average Bonchev–Trinajstić information content (AvgIpc) is 2.52. The SMILES string of the molecule is Cc1cc(-c2ccc(OCC(N)CC(C)C)c(C#N)c2)cnn1. The first-order valence-electron chi connectivity index (χ1n) is 7.72. The topological polar surface area (TPSA) is 84.8 Å². The molecule has 2 rings (SSSR count). The van der Waals surface area contributed by atoms with Crippen LogP contribution in [0.25, 0.3) is 11.1 Å². The fourth-order valence-electron chi connectivity index (χ4n) is 2.42. The normalized spacial score (nSPS) is 12.0. The Bertz CT molecular complexity index is 706. The third-order valence-electron chi connectivity index (χ3n) is 3.44. The molecule has 0 spiro atoms. The summed E-state index contributed by atoms with van der Waals surface area (Å²) < 4.78 is 5.73. The number of rotatable bonds is 6. The largest absolute Gasteiger partial charge is 0.491 e. The van der Waals surface area contributed by atoms with Crippen LogP contribution >= 0.6 is 0 Å². The smallest absolute Gasteiger partial charge is 0.137 e. The molecule has 1 aromatic carbocycles. The van der Waals surface area contributed by atoms with Gasteiger partial charge < -0.3 is 10.5 Å². The molecule has 0 bridgehead atoms. The number of ether oxygens (including phenoxy) is 1. The van der Waals surface area contributed by atoms with E-state index in [1.807, 2.05) is 25.1 Å². The van der Waals surface area contributed by atoms with Crippen molar-refractivity contribution in [2.75, 3.05) is 6.61 Å². The van der Waals surface area contributed by atoms with Crippen molar-refractivity contribution in [2.24, 2.45) is 11.7 Å². The summed E-state index contributed by atoms with van der Waals surface area (Å²) in [5.41, 5.74) is 9.20. The first-order valence-corrected chi connectivity index (χ1v) is 7.72. The highest BCUT2D eigenvalue weighted by atomic mass is 16.5. The van der Waals surface area contributed by atoms with Gasteiger partial charge in [-0.2, -0.15) is 15.5 Å². The van der Waals surface area contributed by atoms with Gasteiger partial charge in [-0.3, -0.25) is 0 Å². The van der Waals surface area contributed by atoms with E-state index >= 15 is 0 Å². The molecule has 0 aliphatic heterocycles. The zero-order chi connectivity index (χ0) is 16.8. The van der Waals surface area contributed by atoms with Crippen LogP contribution in [0.3, 0.4) is 0 Å². The number of hydrogen-bond donors (Lipinski definition) is 1. The van der Waals surface area contributed by atoms with Gasteiger partial charge in [0.25, 0.3) is 0 Å². The molecule has 5 nitrogen and oxygen atoms in total. The highest BCUT2D eigenvalue weighted by Crippen LogP contribution is 2.26. The van der Waals surface area contributed by atoms with Crippen molar-refractivity contribution < 1.29 is 4.74 Å². The van der Waals surface area contributed by atoms with Crippen LogP contribution in [0.2, 0.25) is 0 Å². The number of hydrogen-bond acceptors (Lipinski definition) is 5. The molecule has 0 fully saturated rings. The Morgan fingerprint density at radius 3 is 2.70 bits per heavy atom. The van der Waals surface area contributed by atoms with Crippen molar-refractivity contribution >= 4 is 0 Å². The van der Waals surface area contributed by atoms with Gasteiger partial charge in [0, 0.05) is 11.6 Å². The van der Waals surface area contributed by atoms with E-state index < -0.39 is 0 Å². The van der Waals surface area contributed by atoms with E-state index in [0.717, 1.165) is 23.2 Å². The van der Waals surface area contributed by atoms with E-state index in [-0.39, 0.29) is 6.04 Å². The van der Waals surface area contributed by atoms with Gasteiger partial charge in [-0.1, -0.05) is 19.9 Å². The molecule has 1 unspecified atom stereocenters. The molecule has 0 saturated carbocycles. The Labute approximate surface area is 137 Å². The summed E-state index contributed by atoms with van der Waals surface area (Å²) >= 11 is 0. The second kappa shape index (κ2) is 7.70. The van der Waals surface area contributed by atoms with Crippen LogP contribution in [0.4, 0.5) is 0 Å². The number of nitrogens with two attached hydrogens (primary N) is 1. The van der Waals surface area contributed by atoms with Crippen molar-refractivity contribution in [3.63, 3.8) is 0 Å². The van der Waals surface area contributed by atoms with Crippen LogP contribution < -0.4 is 10.5 Å². The Morgan fingerprint density at radius 2 is 2.04 bits per heavy atom. The lowest BCUT2D eigenvalue weighted by atomic mass is 10.0. The summed E-state index contributed by atoms with van der Waals surface area (Å²) in [5.74, 6) is 1.09. The third-order valence-corrected chi connectivity index (χ3v) is 3.44. The number of aryl methyl sites for hydroxylation is 1. The fourth-order valence-corrected chi connectivity index (χ4v) is 2.42. The minimum Gasteiger partial charge on any atom is -0.491 e. The van der Waals surface area contributed by atoms with Crippen molar-refractivity contribution in [3.05, 3.63) is 41.7 Å². The standard InChI is InChI=1S/C18H22N4O/c1-12(2)6-17(20)11-23-18-5-4-14(8-15(18)9-19)16-7-13(3)22-21-10-16/h4-5,7-8,10,12,17H,6,11,20H2,1-3H3. The first-order chi connectivity index (χ1) is 11.0.